The standard InChI is InChI=1S/C35H49NO10/c1-8-36-17-32(18-40-3)14-13-23(42-5)35-22-15-33(39)24(43-6)16-34(46-19(2)37,26(29(35)36)27(44-7)28(32)35)25(22)30(33)45-31(38)20-9-11-21(41-4)12-10-20/h9-12,22-30,39H,8,13-18H2,1-7H3/t22-,23+,24-,25-,26+,27-,28+,29-,30-,32-,33-,34+,35+/m1/s1. The van der Waals surface area contributed by atoms with Gasteiger partial charge in [-0.3, -0.25) is 9.69 Å². The first-order valence-corrected chi connectivity index (χ1v) is 16.6. The minimum Gasteiger partial charge on any atom is -0.497 e. The summed E-state index contributed by atoms with van der Waals surface area (Å²) in [5.74, 6) is -1.38. The maximum Gasteiger partial charge on any atom is 0.338 e. The summed E-state index contributed by atoms with van der Waals surface area (Å²) in [5, 5.41) is 12.8. The first kappa shape index (κ1) is 32.3. The van der Waals surface area contributed by atoms with Crippen molar-refractivity contribution in [3.8, 4) is 5.75 Å². The lowest BCUT2D eigenvalue weighted by atomic mass is 9.43. The second-order valence-electron chi connectivity index (χ2n) is 14.6. The van der Waals surface area contributed by atoms with Gasteiger partial charge in [0, 0.05) is 83.0 Å². The fourth-order valence-corrected chi connectivity index (χ4v) is 12.4. The monoisotopic (exact) mass is 643 g/mol. The van der Waals surface area contributed by atoms with E-state index in [9.17, 15) is 14.7 Å². The highest BCUT2D eigenvalue weighted by Crippen LogP contribution is 2.80. The zero-order valence-corrected chi connectivity index (χ0v) is 28.0. The number of carbonyl (C=O) groups is 2. The molecule has 13 atom stereocenters. The van der Waals surface area contributed by atoms with Crippen LogP contribution in [0.15, 0.2) is 24.3 Å². The molecule has 1 N–H and O–H groups in total. The third kappa shape index (κ3) is 3.87. The van der Waals surface area contributed by atoms with Crippen LogP contribution in [0.4, 0.5) is 0 Å². The molecule has 11 nitrogen and oxygen atoms in total. The van der Waals surface area contributed by atoms with E-state index in [0.717, 1.165) is 25.9 Å². The van der Waals surface area contributed by atoms with Gasteiger partial charge in [-0.05, 0) is 56.0 Å². The predicted octanol–water partition coefficient (Wildman–Crippen LogP) is 2.72. The summed E-state index contributed by atoms with van der Waals surface area (Å²) in [6.07, 6.45) is 0.142. The van der Waals surface area contributed by atoms with Gasteiger partial charge in [-0.15, -0.1) is 0 Å². The van der Waals surface area contributed by atoms with Gasteiger partial charge < -0.3 is 38.3 Å². The van der Waals surface area contributed by atoms with Gasteiger partial charge in [0.2, 0.25) is 0 Å². The van der Waals surface area contributed by atoms with E-state index in [0.29, 0.717) is 24.3 Å². The number of esters is 2. The van der Waals surface area contributed by atoms with Crippen molar-refractivity contribution < 1.29 is 47.9 Å². The number of carbonyl (C=O) groups excluding carboxylic acids is 2. The molecule has 1 aromatic carbocycles. The normalized spacial score (nSPS) is 46.6. The molecule has 7 bridgehead atoms. The maximum atomic E-state index is 13.9. The fraction of sp³-hybridized carbons (Fsp3) is 0.771. The Hall–Kier alpha value is -2.28. The van der Waals surface area contributed by atoms with Gasteiger partial charge in [0.15, 0.2) is 0 Å². The SMILES string of the molecule is CCN1C[C@@]2(COC)CC[C@H](OC)[C@@]34[C@@H]5C[C@]6(O)[C@H](OC(=O)c7ccc(OC)cc7)[C@@H]5[C@@](OC(C)=O)(C[C@H]6OC)[C@@H]([C@@H](OC)[C@@H]23)[C@@H]14. The first-order valence-electron chi connectivity index (χ1n) is 16.6. The van der Waals surface area contributed by atoms with Crippen LogP contribution in [-0.2, 0) is 33.2 Å². The number of ether oxygens (including phenoxy) is 7. The molecule has 1 aromatic rings. The average molecular weight is 644 g/mol. The molecule has 11 heteroatoms. The molecule has 6 fully saturated rings. The number of methoxy groups -OCH3 is 5. The van der Waals surface area contributed by atoms with Crippen molar-refractivity contribution >= 4 is 11.9 Å². The lowest BCUT2D eigenvalue weighted by molar-refractivity contribution is -0.287. The Kier molecular flexibility index (Phi) is 7.81. The van der Waals surface area contributed by atoms with E-state index in [4.69, 9.17) is 33.2 Å². The Bertz CT molecular complexity index is 1360. The molecule has 0 unspecified atom stereocenters. The van der Waals surface area contributed by atoms with Gasteiger partial charge in [0.1, 0.15) is 23.1 Å². The Morgan fingerprint density at radius 1 is 0.978 bits per heavy atom. The molecule has 46 heavy (non-hydrogen) atoms. The van der Waals surface area contributed by atoms with Crippen LogP contribution in [0, 0.1) is 34.5 Å². The highest BCUT2D eigenvalue weighted by molar-refractivity contribution is 5.89. The summed E-state index contributed by atoms with van der Waals surface area (Å²) in [6.45, 7) is 5.80. The zero-order chi connectivity index (χ0) is 32.8. The van der Waals surface area contributed by atoms with E-state index in [-0.39, 0.29) is 47.8 Å². The van der Waals surface area contributed by atoms with Crippen molar-refractivity contribution in [3.05, 3.63) is 29.8 Å². The fourth-order valence-electron chi connectivity index (χ4n) is 12.4. The second-order valence-corrected chi connectivity index (χ2v) is 14.6. The van der Waals surface area contributed by atoms with Gasteiger partial charge >= 0.3 is 11.9 Å². The van der Waals surface area contributed by atoms with E-state index >= 15 is 0 Å². The molecule has 1 saturated heterocycles. The van der Waals surface area contributed by atoms with Crippen molar-refractivity contribution in [2.75, 3.05) is 55.2 Å². The molecule has 7 rings (SSSR count). The summed E-state index contributed by atoms with van der Waals surface area (Å²) in [4.78, 5) is 29.7. The Morgan fingerprint density at radius 2 is 1.70 bits per heavy atom. The topological polar surface area (TPSA) is 122 Å². The summed E-state index contributed by atoms with van der Waals surface area (Å²) in [5.41, 5.74) is -3.03. The largest absolute Gasteiger partial charge is 0.497 e. The van der Waals surface area contributed by atoms with Crippen molar-refractivity contribution in [2.24, 2.45) is 34.5 Å². The number of hydrogen-bond donors (Lipinski definition) is 1. The van der Waals surface area contributed by atoms with Crippen LogP contribution in [0.25, 0.3) is 0 Å². The van der Waals surface area contributed by atoms with Gasteiger partial charge in [0.25, 0.3) is 0 Å². The van der Waals surface area contributed by atoms with Crippen molar-refractivity contribution in [1.82, 2.24) is 4.90 Å². The Balaban J connectivity index is 1.46. The highest BCUT2D eigenvalue weighted by Gasteiger charge is 2.89. The minimum absolute atomic E-state index is 0.00534. The van der Waals surface area contributed by atoms with E-state index in [1.54, 1.807) is 59.8 Å². The number of benzene rings is 1. The molecule has 6 aliphatic rings. The van der Waals surface area contributed by atoms with Crippen LogP contribution in [0.1, 0.15) is 49.9 Å². The van der Waals surface area contributed by atoms with E-state index in [2.05, 4.69) is 11.8 Å². The number of rotatable bonds is 10. The van der Waals surface area contributed by atoms with E-state index < -0.39 is 46.7 Å². The lowest BCUT2D eigenvalue weighted by Gasteiger charge is -2.69. The summed E-state index contributed by atoms with van der Waals surface area (Å²) in [7, 11) is 8.44. The molecule has 5 aliphatic carbocycles. The van der Waals surface area contributed by atoms with Crippen LogP contribution in [0.2, 0.25) is 0 Å². The average Bonchev–Trinajstić information content (AvgIpc) is 3.42. The molecule has 1 heterocycles. The smallest absolute Gasteiger partial charge is 0.338 e. The quantitative estimate of drug-likeness (QED) is 0.379. The molecular formula is C35H49NO10. The summed E-state index contributed by atoms with van der Waals surface area (Å²) in [6, 6.07) is 6.66. The third-order valence-corrected chi connectivity index (χ3v) is 13.3. The van der Waals surface area contributed by atoms with Crippen LogP contribution < -0.4 is 4.74 Å². The molecule has 254 valence electrons. The number of hydrogen-bond acceptors (Lipinski definition) is 11. The first-order chi connectivity index (χ1) is 22.1. The number of likely N-dealkylation sites (tertiary alicyclic amines) is 1. The number of nitrogens with zero attached hydrogens (tertiary/aromatic N) is 1. The van der Waals surface area contributed by atoms with Crippen LogP contribution in [0.5, 0.6) is 5.75 Å². The molecule has 0 radical (unpaired) electrons. The summed E-state index contributed by atoms with van der Waals surface area (Å²) >= 11 is 0. The van der Waals surface area contributed by atoms with Gasteiger partial charge in [-0.2, -0.15) is 0 Å². The Labute approximate surface area is 271 Å². The molecule has 5 saturated carbocycles. The van der Waals surface area contributed by atoms with Gasteiger partial charge in [-0.25, -0.2) is 4.79 Å². The van der Waals surface area contributed by atoms with Gasteiger partial charge in [-0.1, -0.05) is 6.92 Å². The zero-order valence-electron chi connectivity index (χ0n) is 28.0. The number of fused-ring (bicyclic) bond motifs is 2. The van der Waals surface area contributed by atoms with Crippen molar-refractivity contribution in [1.29, 1.82) is 0 Å². The third-order valence-electron chi connectivity index (χ3n) is 13.3. The number of aliphatic hydroxyl groups is 1. The highest BCUT2D eigenvalue weighted by atomic mass is 16.6. The van der Waals surface area contributed by atoms with Crippen molar-refractivity contribution in [3.63, 3.8) is 0 Å². The van der Waals surface area contributed by atoms with Crippen LogP contribution in [0.3, 0.4) is 0 Å². The summed E-state index contributed by atoms with van der Waals surface area (Å²) < 4.78 is 43.6. The predicted molar refractivity (Wildman–Crippen MR) is 164 cm³/mol. The molecule has 0 amide bonds. The van der Waals surface area contributed by atoms with E-state index in [1.807, 2.05) is 0 Å². The van der Waals surface area contributed by atoms with Crippen LogP contribution in [-0.4, -0.2) is 119 Å². The molecule has 1 aliphatic heterocycles. The maximum absolute atomic E-state index is 13.9. The Morgan fingerprint density at radius 3 is 2.28 bits per heavy atom. The molecule has 1 spiro atoms. The minimum atomic E-state index is -1.51. The van der Waals surface area contributed by atoms with Gasteiger partial charge in [0.05, 0.1) is 37.6 Å². The van der Waals surface area contributed by atoms with Crippen LogP contribution >= 0.6 is 0 Å². The van der Waals surface area contributed by atoms with Crippen molar-refractivity contribution in [2.45, 2.75) is 81.2 Å². The number of piperidine rings is 1. The second kappa shape index (κ2) is 11.1. The molecule has 0 aromatic heterocycles. The lowest BCUT2D eigenvalue weighted by Crippen LogP contribution is -2.77. The molecular weight excluding hydrogens is 594 g/mol. The van der Waals surface area contributed by atoms with E-state index in [1.165, 1.54) is 6.92 Å².